The van der Waals surface area contributed by atoms with Crippen molar-refractivity contribution >= 4 is 29.5 Å². The molecule has 2 aromatic rings. The molecule has 4 rings (SSSR count). The van der Waals surface area contributed by atoms with Gasteiger partial charge in [-0.25, -0.2) is 0 Å². The van der Waals surface area contributed by atoms with E-state index in [1.54, 1.807) is 52.3 Å². The van der Waals surface area contributed by atoms with Gasteiger partial charge >= 0.3 is 0 Å². The van der Waals surface area contributed by atoms with Crippen molar-refractivity contribution in [1.29, 1.82) is 0 Å². The van der Waals surface area contributed by atoms with E-state index in [1.807, 2.05) is 12.1 Å². The molecular weight excluding hydrogens is 380 g/mol. The summed E-state index contributed by atoms with van der Waals surface area (Å²) < 4.78 is 10.6. The summed E-state index contributed by atoms with van der Waals surface area (Å²) in [6.07, 6.45) is 3.29. The number of rotatable bonds is 3. The summed E-state index contributed by atoms with van der Waals surface area (Å²) in [5, 5.41) is 0.630. The summed E-state index contributed by atoms with van der Waals surface area (Å²) in [4.78, 5) is 28.6. The van der Waals surface area contributed by atoms with Gasteiger partial charge in [0.05, 0.1) is 0 Å². The second-order valence-electron chi connectivity index (χ2n) is 6.57. The zero-order valence-electron chi connectivity index (χ0n) is 15.1. The molecule has 1 fully saturated rings. The Balaban J connectivity index is 1.34. The van der Waals surface area contributed by atoms with Gasteiger partial charge in [0.15, 0.2) is 11.5 Å². The van der Waals surface area contributed by atoms with E-state index in [4.69, 9.17) is 21.1 Å². The maximum atomic E-state index is 12.7. The highest BCUT2D eigenvalue weighted by Crippen LogP contribution is 2.32. The van der Waals surface area contributed by atoms with Crippen LogP contribution in [0.4, 0.5) is 0 Å². The number of hydrogen-bond acceptors (Lipinski definition) is 4. The summed E-state index contributed by atoms with van der Waals surface area (Å²) in [5.74, 6) is 1.10. The lowest BCUT2D eigenvalue weighted by Crippen LogP contribution is -2.50. The van der Waals surface area contributed by atoms with Crippen LogP contribution in [0, 0.1) is 0 Å². The molecule has 144 valence electrons. The van der Waals surface area contributed by atoms with Crippen LogP contribution in [-0.4, -0.2) is 54.6 Å². The highest BCUT2D eigenvalue weighted by Gasteiger charge is 2.25. The largest absolute Gasteiger partial charge is 0.454 e. The molecule has 0 saturated carbocycles. The molecular formula is C21H19ClN2O4. The van der Waals surface area contributed by atoms with Crippen LogP contribution in [0.2, 0.25) is 5.02 Å². The highest BCUT2D eigenvalue weighted by molar-refractivity contribution is 6.30. The fourth-order valence-corrected chi connectivity index (χ4v) is 3.42. The number of carbonyl (C=O) groups is 2. The fraction of sp³-hybridized carbons (Fsp3) is 0.238. The number of nitrogens with zero attached hydrogens (tertiary/aromatic N) is 2. The first kappa shape index (κ1) is 18.4. The lowest BCUT2D eigenvalue weighted by atomic mass is 10.1. The molecule has 2 heterocycles. The molecule has 6 nitrogen and oxygen atoms in total. The van der Waals surface area contributed by atoms with Crippen molar-refractivity contribution in [2.75, 3.05) is 33.0 Å². The van der Waals surface area contributed by atoms with E-state index >= 15 is 0 Å². The summed E-state index contributed by atoms with van der Waals surface area (Å²) in [7, 11) is 0. The molecule has 0 bridgehead atoms. The van der Waals surface area contributed by atoms with Crippen molar-refractivity contribution in [2.45, 2.75) is 0 Å². The number of carbonyl (C=O) groups excluding carboxylic acids is 2. The van der Waals surface area contributed by atoms with Gasteiger partial charge in [-0.3, -0.25) is 9.59 Å². The number of ether oxygens (including phenoxy) is 2. The third-order valence-electron chi connectivity index (χ3n) is 4.77. The SMILES string of the molecule is O=C(/C=C/c1cccc(Cl)c1)N1CCN(C(=O)c2ccc3c(c2)OCO3)CC1. The van der Waals surface area contributed by atoms with E-state index < -0.39 is 0 Å². The van der Waals surface area contributed by atoms with Crippen molar-refractivity contribution in [3.8, 4) is 11.5 Å². The summed E-state index contributed by atoms with van der Waals surface area (Å²) in [6, 6.07) is 12.5. The first-order chi connectivity index (χ1) is 13.6. The number of amides is 2. The molecule has 1 saturated heterocycles. The highest BCUT2D eigenvalue weighted by atomic mass is 35.5. The third-order valence-corrected chi connectivity index (χ3v) is 5.00. The van der Waals surface area contributed by atoms with E-state index in [0.29, 0.717) is 48.3 Å². The molecule has 0 N–H and O–H groups in total. The first-order valence-corrected chi connectivity index (χ1v) is 9.39. The number of fused-ring (bicyclic) bond motifs is 1. The van der Waals surface area contributed by atoms with Gasteiger partial charge in [-0.05, 0) is 42.0 Å². The van der Waals surface area contributed by atoms with Gasteiger partial charge in [-0.2, -0.15) is 0 Å². The molecule has 0 unspecified atom stereocenters. The van der Waals surface area contributed by atoms with E-state index in [0.717, 1.165) is 5.56 Å². The quantitative estimate of drug-likeness (QED) is 0.745. The van der Waals surface area contributed by atoms with Gasteiger partial charge in [-0.15, -0.1) is 0 Å². The zero-order valence-corrected chi connectivity index (χ0v) is 15.9. The molecule has 0 aromatic heterocycles. The Morgan fingerprint density at radius 3 is 2.46 bits per heavy atom. The van der Waals surface area contributed by atoms with Crippen molar-refractivity contribution in [3.05, 3.63) is 64.7 Å². The van der Waals surface area contributed by atoms with E-state index in [1.165, 1.54) is 0 Å². The Bertz CT molecular complexity index is 936. The molecule has 28 heavy (non-hydrogen) atoms. The van der Waals surface area contributed by atoms with Crippen molar-refractivity contribution in [1.82, 2.24) is 9.80 Å². The minimum absolute atomic E-state index is 0.0696. The number of halogens is 1. The predicted molar refractivity (Wildman–Crippen MR) is 106 cm³/mol. The minimum Gasteiger partial charge on any atom is -0.454 e. The molecule has 0 spiro atoms. The topological polar surface area (TPSA) is 59.1 Å². The second-order valence-corrected chi connectivity index (χ2v) is 7.01. The molecule has 2 aliphatic heterocycles. The average Bonchev–Trinajstić information content (AvgIpc) is 3.19. The van der Waals surface area contributed by atoms with Crippen molar-refractivity contribution in [2.24, 2.45) is 0 Å². The number of piperazine rings is 1. The maximum Gasteiger partial charge on any atom is 0.254 e. The second kappa shape index (κ2) is 7.94. The van der Waals surface area contributed by atoms with Crippen LogP contribution >= 0.6 is 11.6 Å². The van der Waals surface area contributed by atoms with Crippen LogP contribution < -0.4 is 9.47 Å². The molecule has 2 aliphatic rings. The van der Waals surface area contributed by atoms with Crippen LogP contribution in [0.5, 0.6) is 11.5 Å². The molecule has 0 atom stereocenters. The average molecular weight is 399 g/mol. The fourth-order valence-electron chi connectivity index (χ4n) is 3.23. The maximum absolute atomic E-state index is 12.7. The van der Waals surface area contributed by atoms with Gasteiger partial charge in [0.1, 0.15) is 0 Å². The summed E-state index contributed by atoms with van der Waals surface area (Å²) in [5.41, 5.74) is 1.43. The predicted octanol–water partition coefficient (Wildman–Crippen LogP) is 3.07. The van der Waals surface area contributed by atoms with Crippen LogP contribution in [0.3, 0.4) is 0 Å². The van der Waals surface area contributed by atoms with Gasteiger partial charge in [0.2, 0.25) is 12.7 Å². The summed E-state index contributed by atoms with van der Waals surface area (Å²) in [6.45, 7) is 2.15. The molecule has 0 aliphatic carbocycles. The molecule has 2 aromatic carbocycles. The van der Waals surface area contributed by atoms with Crippen molar-refractivity contribution in [3.63, 3.8) is 0 Å². The molecule has 2 amide bonds. The Kier molecular flexibility index (Phi) is 5.21. The van der Waals surface area contributed by atoms with Crippen molar-refractivity contribution < 1.29 is 19.1 Å². The Labute approximate surface area is 167 Å². The van der Waals surface area contributed by atoms with Crippen LogP contribution in [0.25, 0.3) is 6.08 Å². The molecule has 0 radical (unpaired) electrons. The minimum atomic E-state index is -0.0739. The van der Waals surface area contributed by atoms with Gasteiger partial charge in [-0.1, -0.05) is 23.7 Å². The van der Waals surface area contributed by atoms with Crippen LogP contribution in [-0.2, 0) is 4.79 Å². The first-order valence-electron chi connectivity index (χ1n) is 9.02. The van der Waals surface area contributed by atoms with Gasteiger partial charge < -0.3 is 19.3 Å². The Hall–Kier alpha value is -2.99. The lowest BCUT2D eigenvalue weighted by Gasteiger charge is -2.34. The Morgan fingerprint density at radius 2 is 1.68 bits per heavy atom. The van der Waals surface area contributed by atoms with Gasteiger partial charge in [0, 0.05) is 42.8 Å². The van der Waals surface area contributed by atoms with E-state index in [9.17, 15) is 9.59 Å². The normalized spacial score (nSPS) is 15.9. The zero-order chi connectivity index (χ0) is 19.5. The molecule has 7 heteroatoms. The van der Waals surface area contributed by atoms with Crippen LogP contribution in [0.15, 0.2) is 48.5 Å². The van der Waals surface area contributed by atoms with E-state index in [2.05, 4.69) is 0 Å². The number of hydrogen-bond donors (Lipinski definition) is 0. The Morgan fingerprint density at radius 1 is 0.929 bits per heavy atom. The third kappa shape index (κ3) is 3.97. The smallest absolute Gasteiger partial charge is 0.254 e. The monoisotopic (exact) mass is 398 g/mol. The standard InChI is InChI=1S/C21H19ClN2O4/c22-17-3-1-2-15(12-17)4-7-20(25)23-8-10-24(11-9-23)21(26)16-5-6-18-19(13-16)28-14-27-18/h1-7,12-13H,8-11,14H2/b7-4+. The lowest BCUT2D eigenvalue weighted by molar-refractivity contribution is -0.127. The van der Waals surface area contributed by atoms with Gasteiger partial charge in [0.25, 0.3) is 5.91 Å². The number of benzene rings is 2. The summed E-state index contributed by atoms with van der Waals surface area (Å²) >= 11 is 5.95. The van der Waals surface area contributed by atoms with E-state index in [-0.39, 0.29) is 18.6 Å². The van der Waals surface area contributed by atoms with Crippen LogP contribution in [0.1, 0.15) is 15.9 Å².